The van der Waals surface area contributed by atoms with Crippen LogP contribution < -0.4 is 4.72 Å². The highest BCUT2D eigenvalue weighted by Crippen LogP contribution is 2.28. The van der Waals surface area contributed by atoms with E-state index in [0.29, 0.717) is 10.2 Å². The summed E-state index contributed by atoms with van der Waals surface area (Å²) in [7, 11) is -1.18. The second-order valence-corrected chi connectivity index (χ2v) is 8.72. The molecule has 21 heavy (non-hydrogen) atoms. The zero-order valence-corrected chi connectivity index (χ0v) is 14.7. The van der Waals surface area contributed by atoms with E-state index in [1.54, 1.807) is 6.07 Å². The van der Waals surface area contributed by atoms with Crippen molar-refractivity contribution in [2.45, 2.75) is 38.5 Å². The minimum atomic E-state index is -1.18. The molecule has 1 aromatic carbocycles. The first-order valence-electron chi connectivity index (χ1n) is 6.62. The van der Waals surface area contributed by atoms with Crippen molar-refractivity contribution in [3.63, 3.8) is 0 Å². The lowest BCUT2D eigenvalue weighted by atomic mass is 10.1. The van der Waals surface area contributed by atoms with Crippen molar-refractivity contribution in [1.29, 1.82) is 0 Å². The summed E-state index contributed by atoms with van der Waals surface area (Å²) in [5.74, 6) is 0. The van der Waals surface area contributed by atoms with Crippen LogP contribution in [0.4, 0.5) is 0 Å². The van der Waals surface area contributed by atoms with Crippen LogP contribution in [0.1, 0.15) is 39.3 Å². The first kappa shape index (κ1) is 16.7. The molecule has 0 radical (unpaired) electrons. The maximum atomic E-state index is 12.2. The van der Waals surface area contributed by atoms with E-state index in [2.05, 4.69) is 9.71 Å². The average Bonchev–Trinajstić information content (AvgIpc) is 2.37. The van der Waals surface area contributed by atoms with Gasteiger partial charge in [0.2, 0.25) is 0 Å². The van der Waals surface area contributed by atoms with Gasteiger partial charge in [0, 0.05) is 22.0 Å². The second kappa shape index (κ2) is 6.21. The van der Waals surface area contributed by atoms with Gasteiger partial charge in [0.1, 0.15) is 5.15 Å². The minimum Gasteiger partial charge on any atom is -0.242 e. The molecule has 0 saturated heterocycles. The fourth-order valence-electron chi connectivity index (χ4n) is 1.84. The Labute approximate surface area is 137 Å². The highest BCUT2D eigenvalue weighted by molar-refractivity contribution is 7.84. The highest BCUT2D eigenvalue weighted by atomic mass is 35.5. The van der Waals surface area contributed by atoms with Crippen LogP contribution in [0.15, 0.2) is 24.3 Å². The molecule has 0 amide bonds. The highest BCUT2D eigenvalue weighted by Gasteiger charge is 2.23. The van der Waals surface area contributed by atoms with Crippen LogP contribution >= 0.6 is 23.2 Å². The molecule has 2 aromatic rings. The van der Waals surface area contributed by atoms with Crippen LogP contribution in [0.3, 0.4) is 0 Å². The smallest absolute Gasteiger partial charge is 0.134 e. The molecule has 0 spiro atoms. The lowest BCUT2D eigenvalue weighted by Crippen LogP contribution is -2.34. The third-order valence-corrected chi connectivity index (χ3v) is 5.28. The van der Waals surface area contributed by atoms with Crippen LogP contribution in [0.25, 0.3) is 10.9 Å². The van der Waals surface area contributed by atoms with Crippen LogP contribution in [-0.4, -0.2) is 13.9 Å². The van der Waals surface area contributed by atoms with Gasteiger partial charge in [-0.15, -0.1) is 0 Å². The quantitative estimate of drug-likeness (QED) is 0.823. The largest absolute Gasteiger partial charge is 0.242 e. The molecule has 114 valence electrons. The summed E-state index contributed by atoms with van der Waals surface area (Å²) in [5, 5.41) is 1.98. The molecule has 0 unspecified atom stereocenters. The average molecular weight is 345 g/mol. The van der Waals surface area contributed by atoms with Gasteiger partial charge in [-0.2, -0.15) is 0 Å². The first-order valence-corrected chi connectivity index (χ1v) is 8.53. The van der Waals surface area contributed by atoms with Crippen molar-refractivity contribution in [3.8, 4) is 0 Å². The molecule has 0 fully saturated rings. The number of hydrogen-bond acceptors (Lipinski definition) is 2. The van der Waals surface area contributed by atoms with Gasteiger partial charge in [-0.1, -0.05) is 23.2 Å². The van der Waals surface area contributed by atoms with E-state index in [-0.39, 0.29) is 10.8 Å². The molecule has 3 nitrogen and oxygen atoms in total. The Morgan fingerprint density at radius 1 is 1.24 bits per heavy atom. The van der Waals surface area contributed by atoms with Crippen LogP contribution in [-0.2, 0) is 11.0 Å². The van der Waals surface area contributed by atoms with E-state index in [9.17, 15) is 4.21 Å². The molecule has 0 aliphatic heterocycles. The predicted molar refractivity (Wildman–Crippen MR) is 91.2 cm³/mol. The number of fused-ring (bicyclic) bond motifs is 1. The number of hydrogen-bond donors (Lipinski definition) is 1. The molecule has 0 saturated carbocycles. The number of aromatic nitrogens is 1. The molecule has 1 aromatic heterocycles. The Balaban J connectivity index is 2.37. The summed E-state index contributed by atoms with van der Waals surface area (Å²) in [6.45, 7) is 7.68. The van der Waals surface area contributed by atoms with Gasteiger partial charge < -0.3 is 0 Å². The summed E-state index contributed by atoms with van der Waals surface area (Å²) in [6, 6.07) is 7.22. The zero-order valence-electron chi connectivity index (χ0n) is 12.4. The van der Waals surface area contributed by atoms with Gasteiger partial charge in [-0.3, -0.25) is 0 Å². The first-order chi connectivity index (χ1) is 9.68. The van der Waals surface area contributed by atoms with Crippen molar-refractivity contribution >= 4 is 45.1 Å². The molecule has 0 bridgehead atoms. The minimum absolute atomic E-state index is 0.173. The fraction of sp³-hybridized carbons (Fsp3) is 0.400. The van der Waals surface area contributed by atoms with E-state index in [1.807, 2.05) is 45.9 Å². The van der Waals surface area contributed by atoms with Crippen molar-refractivity contribution < 1.29 is 4.21 Å². The molecule has 0 aliphatic rings. The van der Waals surface area contributed by atoms with Gasteiger partial charge in [-0.05, 0) is 52.0 Å². The van der Waals surface area contributed by atoms with E-state index in [4.69, 9.17) is 23.2 Å². The fourth-order valence-corrected chi connectivity index (χ4v) is 3.14. The Hall–Kier alpha value is -0.680. The monoisotopic (exact) mass is 344 g/mol. The van der Waals surface area contributed by atoms with Crippen molar-refractivity contribution in [3.05, 3.63) is 40.0 Å². The lowest BCUT2D eigenvalue weighted by Gasteiger charge is -2.22. The van der Waals surface area contributed by atoms with Gasteiger partial charge >= 0.3 is 0 Å². The standard InChI is InChI=1S/C15H18Cl2N2OS/c1-9(19-21(20)15(2,3)4)12-8-10-7-11(16)5-6-13(10)18-14(12)17/h5-9,19H,1-4H3/t9-,21-/m0/s1. The summed E-state index contributed by atoms with van der Waals surface area (Å²) in [4.78, 5) is 4.38. The van der Waals surface area contributed by atoms with Crippen LogP contribution in [0, 0.1) is 0 Å². The molecule has 2 rings (SSSR count). The van der Waals surface area contributed by atoms with Crippen molar-refractivity contribution in [2.75, 3.05) is 0 Å². The Bertz CT molecular complexity index is 698. The Morgan fingerprint density at radius 3 is 2.52 bits per heavy atom. The number of benzene rings is 1. The van der Waals surface area contributed by atoms with Crippen molar-refractivity contribution in [1.82, 2.24) is 9.71 Å². The molecule has 1 N–H and O–H groups in total. The predicted octanol–water partition coefficient (Wildman–Crippen LogP) is 4.65. The summed E-state index contributed by atoms with van der Waals surface area (Å²) in [5.41, 5.74) is 1.60. The second-order valence-electron chi connectivity index (χ2n) is 5.93. The third-order valence-electron chi connectivity index (χ3n) is 3.06. The van der Waals surface area contributed by atoms with Gasteiger partial charge in [0.05, 0.1) is 21.2 Å². The van der Waals surface area contributed by atoms with Crippen molar-refractivity contribution in [2.24, 2.45) is 0 Å². The lowest BCUT2D eigenvalue weighted by molar-refractivity contribution is 0.616. The van der Waals surface area contributed by atoms with E-state index in [0.717, 1.165) is 16.5 Å². The molecule has 1 heterocycles. The van der Waals surface area contributed by atoms with Gasteiger partial charge in [-0.25, -0.2) is 13.9 Å². The number of halogens is 2. The van der Waals surface area contributed by atoms with Gasteiger partial charge in [0.15, 0.2) is 0 Å². The molecular weight excluding hydrogens is 327 g/mol. The Morgan fingerprint density at radius 2 is 1.90 bits per heavy atom. The molecule has 0 aliphatic carbocycles. The van der Waals surface area contributed by atoms with E-state index in [1.165, 1.54) is 0 Å². The molecule has 2 atom stereocenters. The number of nitrogens with zero attached hydrogens (tertiary/aromatic N) is 1. The normalized spacial score (nSPS) is 15.1. The maximum absolute atomic E-state index is 12.2. The third kappa shape index (κ3) is 3.95. The Kier molecular flexibility index (Phi) is 4.93. The van der Waals surface area contributed by atoms with E-state index < -0.39 is 11.0 Å². The molecule has 6 heteroatoms. The summed E-state index contributed by atoms with van der Waals surface area (Å²) < 4.78 is 14.9. The van der Waals surface area contributed by atoms with E-state index >= 15 is 0 Å². The summed E-state index contributed by atoms with van der Waals surface area (Å²) >= 11 is 12.3. The van der Waals surface area contributed by atoms with Crippen LogP contribution in [0.5, 0.6) is 0 Å². The topological polar surface area (TPSA) is 42.0 Å². The molecular formula is C15H18Cl2N2OS. The zero-order chi connectivity index (χ0) is 15.8. The number of rotatable bonds is 3. The van der Waals surface area contributed by atoms with Crippen LogP contribution in [0.2, 0.25) is 10.2 Å². The maximum Gasteiger partial charge on any atom is 0.134 e. The number of pyridine rings is 1. The van der Waals surface area contributed by atoms with Gasteiger partial charge in [0.25, 0.3) is 0 Å². The SMILES string of the molecule is C[C@H](N[S@@](=O)C(C)(C)C)c1cc2cc(Cl)ccc2nc1Cl. The number of nitrogens with one attached hydrogen (secondary N) is 1. The summed E-state index contributed by atoms with van der Waals surface area (Å²) in [6.07, 6.45) is 0.